The summed E-state index contributed by atoms with van der Waals surface area (Å²) >= 11 is 0. The van der Waals surface area contributed by atoms with E-state index in [4.69, 9.17) is 9.97 Å². The highest BCUT2D eigenvalue weighted by Crippen LogP contribution is 2.47. The summed E-state index contributed by atoms with van der Waals surface area (Å²) < 4.78 is 177. The molecule has 3 heterocycles. The molecule has 17 heteroatoms. The second-order valence-electron chi connectivity index (χ2n) is 18.9. The van der Waals surface area contributed by atoms with E-state index in [1.165, 1.54) is 24.3 Å². The van der Waals surface area contributed by atoms with Gasteiger partial charge in [-0.15, -0.1) is 0 Å². The van der Waals surface area contributed by atoms with Crippen molar-refractivity contribution in [1.29, 1.82) is 5.26 Å². The van der Waals surface area contributed by atoms with Gasteiger partial charge in [-0.25, -0.2) is 9.97 Å². The average Bonchev–Trinajstić information content (AvgIpc) is 4.08. The molecule has 0 aliphatic rings. The highest BCUT2D eigenvalue weighted by atomic mass is 19.4. The van der Waals surface area contributed by atoms with E-state index in [-0.39, 0.29) is 68.3 Å². The van der Waals surface area contributed by atoms with Gasteiger partial charge in [-0.2, -0.15) is 57.9 Å². The molecule has 3 aromatic heterocycles. The Morgan fingerprint density at radius 1 is 0.338 bits per heavy atom. The smallest absolute Gasteiger partial charge is 0.307 e. The molecule has 0 aliphatic heterocycles. The molecule has 0 spiro atoms. The second kappa shape index (κ2) is 18.8. The van der Waals surface area contributed by atoms with Crippen LogP contribution < -0.4 is 0 Å². The minimum Gasteiger partial charge on any atom is -0.307 e. The summed E-state index contributed by atoms with van der Waals surface area (Å²) in [6.07, 6.45) is -20.7. The number of nitriles is 1. The average molecular weight is 1090 g/mol. The Bertz CT molecular complexity index is 4430. The maximum absolute atomic E-state index is 14.9. The molecule has 0 radical (unpaired) electrons. The van der Waals surface area contributed by atoms with Gasteiger partial charge in [0.15, 0.2) is 5.82 Å². The van der Waals surface area contributed by atoms with E-state index in [2.05, 4.69) is 6.07 Å². The first-order valence-electron chi connectivity index (χ1n) is 24.4. The number of halogens is 12. The van der Waals surface area contributed by atoms with E-state index in [0.29, 0.717) is 61.5 Å². The Kier molecular flexibility index (Phi) is 12.0. The van der Waals surface area contributed by atoms with Crippen molar-refractivity contribution in [2.75, 3.05) is 0 Å². The van der Waals surface area contributed by atoms with Gasteiger partial charge >= 0.3 is 24.7 Å². The van der Waals surface area contributed by atoms with Crippen molar-refractivity contribution < 1.29 is 52.7 Å². The number of alkyl halides is 12. The van der Waals surface area contributed by atoms with Gasteiger partial charge in [-0.05, 0) is 89.0 Å². The number of hydrogen-bond acceptors (Lipinski definition) is 3. The van der Waals surface area contributed by atoms with Gasteiger partial charge in [0, 0.05) is 38.2 Å². The quantitative estimate of drug-likeness (QED) is 0.149. The molecule has 0 aliphatic carbocycles. The maximum atomic E-state index is 14.9. The van der Waals surface area contributed by atoms with Crippen LogP contribution in [0.15, 0.2) is 200 Å². The summed E-state index contributed by atoms with van der Waals surface area (Å²) in [5.41, 5.74) is -3.19. The summed E-state index contributed by atoms with van der Waals surface area (Å²) in [7, 11) is 0. The van der Waals surface area contributed by atoms with Crippen LogP contribution in [0.1, 0.15) is 27.8 Å². The van der Waals surface area contributed by atoms with Crippen LogP contribution in [0.2, 0.25) is 0 Å². The van der Waals surface area contributed by atoms with Crippen LogP contribution in [0.4, 0.5) is 52.7 Å². The highest BCUT2D eigenvalue weighted by Gasteiger charge is 2.40. The van der Waals surface area contributed by atoms with Crippen molar-refractivity contribution in [3.8, 4) is 73.6 Å². The summed E-state index contributed by atoms with van der Waals surface area (Å²) in [4.78, 5) is 9.94. The number of hydrogen-bond donors (Lipinski definition) is 0. The fourth-order valence-corrected chi connectivity index (χ4v) is 10.5. The lowest BCUT2D eigenvalue weighted by Gasteiger charge is -2.20. The number of para-hydroxylation sites is 2. The summed E-state index contributed by atoms with van der Waals surface area (Å²) in [5.74, 6) is 0.284. The molecule has 394 valence electrons. The zero-order chi connectivity index (χ0) is 56.0. The molecule has 5 nitrogen and oxygen atoms in total. The lowest BCUT2D eigenvalue weighted by Crippen LogP contribution is -2.12. The molecule has 12 aromatic rings. The van der Waals surface area contributed by atoms with E-state index >= 15 is 0 Å². The van der Waals surface area contributed by atoms with Crippen molar-refractivity contribution in [2.45, 2.75) is 24.7 Å². The first kappa shape index (κ1) is 51.1. The van der Waals surface area contributed by atoms with Gasteiger partial charge in [0.25, 0.3) is 0 Å². The number of aromatic nitrogens is 4. The van der Waals surface area contributed by atoms with Crippen LogP contribution >= 0.6 is 0 Å². The molecule has 80 heavy (non-hydrogen) atoms. The predicted molar refractivity (Wildman–Crippen MR) is 283 cm³/mol. The van der Waals surface area contributed by atoms with Gasteiger partial charge in [-0.3, -0.25) is 0 Å². The third-order valence-corrected chi connectivity index (χ3v) is 14.1. The summed E-state index contributed by atoms with van der Waals surface area (Å²) in [5, 5.41) is 13.5. The van der Waals surface area contributed by atoms with Gasteiger partial charge < -0.3 is 9.13 Å². The molecule has 0 fully saturated rings. The van der Waals surface area contributed by atoms with E-state index in [1.807, 2.05) is 48.5 Å². The Morgan fingerprint density at radius 2 is 0.762 bits per heavy atom. The molecule has 9 aromatic carbocycles. The predicted octanol–water partition coefficient (Wildman–Crippen LogP) is 19.0. The lowest BCUT2D eigenvalue weighted by atomic mass is 9.95. The SMILES string of the molecule is N#Cc1cc(-n2c3ccccc3c3ccc(-c4ccc(C(F)(F)F)cc4C(F)(F)F)cc32)c(-n2c3ccccc3c3ccc(-c4ccc(C(F)(F)F)cc4C(F)(F)F)cc32)cc1-c1cc(-c2ccccc2)nc(-c2ccccc2)n1. The van der Waals surface area contributed by atoms with Crippen LogP contribution in [-0.2, 0) is 24.7 Å². The minimum absolute atomic E-state index is 0.0330. The molecule has 0 saturated carbocycles. The van der Waals surface area contributed by atoms with E-state index in [0.717, 1.165) is 12.1 Å². The third kappa shape index (κ3) is 8.92. The molecular formula is C63H33F12N5. The highest BCUT2D eigenvalue weighted by molar-refractivity contribution is 6.13. The van der Waals surface area contributed by atoms with Gasteiger partial charge in [0.2, 0.25) is 0 Å². The van der Waals surface area contributed by atoms with Crippen LogP contribution in [0.25, 0.3) is 111 Å². The van der Waals surface area contributed by atoms with Crippen LogP contribution in [-0.4, -0.2) is 19.1 Å². The van der Waals surface area contributed by atoms with Crippen LogP contribution in [0, 0.1) is 11.3 Å². The fraction of sp³-hybridized carbons (Fsp3) is 0.0635. The standard InChI is InChI=1S/C63H33F12N5/c64-60(65,66)40-21-25-42(49(30-40)62(70,71)72)37-19-23-46-44-15-7-9-17-53(44)79(55(46)27-37)57-29-39(34-76)48(52-33-51(35-11-3-1-4-12-35)77-59(78-52)36-13-5-2-6-14-36)32-58(57)80-54-18-10-8-16-45(54)47-24-20-38(28-56(47)80)43-26-22-41(61(67,68)69)31-50(43)63(73,74)75/h1-33H. The normalized spacial score (nSPS) is 12.5. The van der Waals surface area contributed by atoms with Gasteiger partial charge in [0.05, 0.1) is 78.7 Å². The van der Waals surface area contributed by atoms with E-state index in [9.17, 15) is 57.9 Å². The zero-order valence-corrected chi connectivity index (χ0v) is 40.8. The van der Waals surface area contributed by atoms with Gasteiger partial charge in [-0.1, -0.05) is 133 Å². The lowest BCUT2D eigenvalue weighted by molar-refractivity contribution is -0.144. The van der Waals surface area contributed by atoms with Crippen LogP contribution in [0.5, 0.6) is 0 Å². The first-order valence-corrected chi connectivity index (χ1v) is 24.4. The molecule has 0 N–H and O–H groups in total. The largest absolute Gasteiger partial charge is 0.417 e. The van der Waals surface area contributed by atoms with Gasteiger partial charge in [0.1, 0.15) is 0 Å². The Balaban J connectivity index is 1.21. The topological polar surface area (TPSA) is 59.4 Å². The second-order valence-corrected chi connectivity index (χ2v) is 18.9. The van der Waals surface area contributed by atoms with Crippen molar-refractivity contribution in [3.05, 3.63) is 228 Å². The molecule has 0 bridgehead atoms. The molecule has 0 atom stereocenters. The monoisotopic (exact) mass is 1090 g/mol. The van der Waals surface area contributed by atoms with E-state index < -0.39 is 58.1 Å². The van der Waals surface area contributed by atoms with Crippen molar-refractivity contribution in [3.63, 3.8) is 0 Å². The van der Waals surface area contributed by atoms with Crippen molar-refractivity contribution >= 4 is 43.6 Å². The molecule has 0 unspecified atom stereocenters. The number of nitrogens with zero attached hydrogens (tertiary/aromatic N) is 5. The number of fused-ring (bicyclic) bond motifs is 6. The molecule has 0 saturated heterocycles. The first-order chi connectivity index (χ1) is 38.2. The Hall–Kier alpha value is -9.69. The third-order valence-electron chi connectivity index (χ3n) is 14.1. The maximum Gasteiger partial charge on any atom is 0.417 e. The molecule has 0 amide bonds. The molecule has 12 rings (SSSR count). The Morgan fingerprint density at radius 3 is 1.23 bits per heavy atom. The molecular weight excluding hydrogens is 1050 g/mol. The fourth-order valence-electron chi connectivity index (χ4n) is 10.5. The Labute approximate surface area is 445 Å². The minimum atomic E-state index is -5.24. The number of benzene rings is 9. The van der Waals surface area contributed by atoms with E-state index in [1.54, 1.807) is 100 Å². The summed E-state index contributed by atoms with van der Waals surface area (Å²) in [6, 6.07) is 50.8. The van der Waals surface area contributed by atoms with Crippen molar-refractivity contribution in [1.82, 2.24) is 19.1 Å². The van der Waals surface area contributed by atoms with Crippen LogP contribution in [0.3, 0.4) is 0 Å². The van der Waals surface area contributed by atoms with Crippen molar-refractivity contribution in [2.24, 2.45) is 0 Å². The summed E-state index contributed by atoms with van der Waals surface area (Å²) in [6.45, 7) is 0. The number of rotatable bonds is 7. The zero-order valence-electron chi connectivity index (χ0n) is 40.8.